The summed E-state index contributed by atoms with van der Waals surface area (Å²) < 4.78 is 65.8. The predicted octanol–water partition coefficient (Wildman–Crippen LogP) is 2.97. The number of carbonyl (C=O) groups is 2. The standard InChI is InChI=1S/C14H18O6.C7H8O2/c1-4-18-13(15)12(14(16)19-5-2)20-11-9-7-6-8-10(11)17-3;1-9-7-5-3-2-4-6(7)8/h6-9,12H,4-5H2,1-3H3;2-5,8H,1H3/i3D3;1D3. The maximum absolute atomic E-state index is 11.9. The molecule has 0 radical (unpaired) electrons. The Kier molecular flexibility index (Phi) is 6.88. The van der Waals surface area contributed by atoms with Crippen molar-refractivity contribution in [1.29, 1.82) is 0 Å². The predicted molar refractivity (Wildman–Crippen MR) is 105 cm³/mol. The van der Waals surface area contributed by atoms with E-state index in [1.807, 2.05) is 0 Å². The van der Waals surface area contributed by atoms with Gasteiger partial charge in [-0.05, 0) is 38.1 Å². The van der Waals surface area contributed by atoms with Crippen LogP contribution in [0.3, 0.4) is 0 Å². The molecule has 158 valence electrons. The second-order valence-corrected chi connectivity index (χ2v) is 5.12. The van der Waals surface area contributed by atoms with Crippen molar-refractivity contribution in [1.82, 2.24) is 0 Å². The highest BCUT2D eigenvalue weighted by molar-refractivity contribution is 5.98. The first-order valence-corrected chi connectivity index (χ1v) is 8.52. The third-order valence-electron chi connectivity index (χ3n) is 3.18. The smallest absolute Gasteiger partial charge is 0.359 e. The molecule has 0 heterocycles. The molecule has 0 atom stereocenters. The molecule has 0 saturated heterocycles. The number of phenols is 1. The van der Waals surface area contributed by atoms with Gasteiger partial charge in [0.1, 0.15) is 0 Å². The normalized spacial score (nSPS) is 13.6. The zero-order valence-electron chi connectivity index (χ0n) is 21.9. The molecule has 0 amide bonds. The van der Waals surface area contributed by atoms with Crippen LogP contribution in [0.5, 0.6) is 23.0 Å². The number of rotatable bonds is 8. The van der Waals surface area contributed by atoms with E-state index in [4.69, 9.17) is 32.3 Å². The van der Waals surface area contributed by atoms with E-state index in [0.29, 0.717) is 0 Å². The first-order chi connectivity index (χ1) is 16.3. The molecule has 0 spiro atoms. The number of esters is 2. The van der Waals surface area contributed by atoms with Crippen LogP contribution in [0, 0.1) is 0 Å². The fourth-order valence-electron chi connectivity index (χ4n) is 1.93. The van der Waals surface area contributed by atoms with E-state index in [-0.39, 0.29) is 36.2 Å². The Balaban J connectivity index is 0.000000427. The van der Waals surface area contributed by atoms with Crippen LogP contribution in [0.15, 0.2) is 48.5 Å². The second-order valence-electron chi connectivity index (χ2n) is 5.12. The number of hydrogen-bond acceptors (Lipinski definition) is 8. The minimum Gasteiger partial charge on any atom is -0.504 e. The van der Waals surface area contributed by atoms with E-state index >= 15 is 0 Å². The quantitative estimate of drug-likeness (QED) is 0.522. The largest absolute Gasteiger partial charge is 0.504 e. The van der Waals surface area contributed by atoms with Gasteiger partial charge < -0.3 is 28.8 Å². The maximum Gasteiger partial charge on any atom is 0.359 e. The Morgan fingerprint density at radius 1 is 0.862 bits per heavy atom. The molecule has 0 aliphatic heterocycles. The molecule has 2 aromatic rings. The highest BCUT2D eigenvalue weighted by Crippen LogP contribution is 2.27. The summed E-state index contributed by atoms with van der Waals surface area (Å²) in [7, 11) is -5.22. The molecule has 0 unspecified atom stereocenters. The van der Waals surface area contributed by atoms with Gasteiger partial charge >= 0.3 is 11.9 Å². The van der Waals surface area contributed by atoms with Crippen molar-refractivity contribution in [2.45, 2.75) is 20.0 Å². The van der Waals surface area contributed by atoms with Gasteiger partial charge in [-0.15, -0.1) is 0 Å². The first kappa shape index (κ1) is 15.5. The van der Waals surface area contributed by atoms with Crippen LogP contribution in [0.25, 0.3) is 0 Å². The van der Waals surface area contributed by atoms with E-state index < -0.39 is 32.1 Å². The SMILES string of the molecule is [2H]C([2H])([2H])Oc1ccccc1O.[2H]C([2H])([2H])Oc1ccccc1OC(C(=O)OCC)C(=O)OCC. The van der Waals surface area contributed by atoms with Gasteiger partial charge in [0.15, 0.2) is 23.0 Å². The van der Waals surface area contributed by atoms with Gasteiger partial charge in [0.2, 0.25) is 0 Å². The topological polar surface area (TPSA) is 101 Å². The molecular formula is C21H26O8. The lowest BCUT2D eigenvalue weighted by Gasteiger charge is -2.17. The molecule has 0 fully saturated rings. The van der Waals surface area contributed by atoms with E-state index in [1.165, 1.54) is 36.4 Å². The highest BCUT2D eigenvalue weighted by atomic mass is 16.6. The van der Waals surface area contributed by atoms with E-state index in [1.54, 1.807) is 26.0 Å². The number of para-hydroxylation sites is 4. The average Bonchev–Trinajstić information content (AvgIpc) is 2.73. The highest BCUT2D eigenvalue weighted by Gasteiger charge is 2.32. The number of carbonyl (C=O) groups excluding carboxylic acids is 2. The minimum absolute atomic E-state index is 0.0301. The molecule has 1 N–H and O–H groups in total. The van der Waals surface area contributed by atoms with E-state index in [9.17, 15) is 9.59 Å². The maximum atomic E-state index is 11.9. The summed E-state index contributed by atoms with van der Waals surface area (Å²) in [6.45, 7) is 3.24. The fourth-order valence-corrected chi connectivity index (χ4v) is 1.93. The lowest BCUT2D eigenvalue weighted by Crippen LogP contribution is -2.38. The summed E-state index contributed by atoms with van der Waals surface area (Å²) in [6.07, 6.45) is -1.67. The summed E-state index contributed by atoms with van der Waals surface area (Å²) in [6, 6.07) is 11.7. The Morgan fingerprint density at radius 3 is 1.86 bits per heavy atom. The molecule has 0 aliphatic carbocycles. The molecule has 29 heavy (non-hydrogen) atoms. The van der Waals surface area contributed by atoms with Crippen LogP contribution in [0.1, 0.15) is 22.1 Å². The number of phenolic OH excluding ortho intramolecular Hbond substituents is 1. The summed E-state index contributed by atoms with van der Waals surface area (Å²) in [5, 5.41) is 9.10. The first-order valence-electron chi connectivity index (χ1n) is 11.5. The summed E-state index contributed by atoms with van der Waals surface area (Å²) in [5.74, 6) is -2.30. The zero-order chi connectivity index (χ0) is 26.6. The monoisotopic (exact) mass is 412 g/mol. The average molecular weight is 412 g/mol. The van der Waals surface area contributed by atoms with Crippen molar-refractivity contribution in [3.05, 3.63) is 48.5 Å². The summed E-state index contributed by atoms with van der Waals surface area (Å²) >= 11 is 0. The molecule has 0 saturated carbocycles. The fraction of sp³-hybridized carbons (Fsp3) is 0.333. The van der Waals surface area contributed by atoms with Crippen LogP contribution in [0.2, 0.25) is 0 Å². The Bertz CT molecular complexity index is 943. The molecule has 0 aromatic heterocycles. The molecular weight excluding hydrogens is 380 g/mol. The molecule has 8 nitrogen and oxygen atoms in total. The van der Waals surface area contributed by atoms with Gasteiger partial charge in [-0.2, -0.15) is 0 Å². The van der Waals surface area contributed by atoms with Crippen molar-refractivity contribution >= 4 is 11.9 Å². The molecule has 2 rings (SSSR count). The Hall–Kier alpha value is -3.42. The number of hydrogen-bond donors (Lipinski definition) is 1. The molecule has 2 aromatic carbocycles. The van der Waals surface area contributed by atoms with Crippen molar-refractivity contribution in [3.63, 3.8) is 0 Å². The van der Waals surface area contributed by atoms with Crippen molar-refractivity contribution in [2.75, 3.05) is 27.3 Å². The third-order valence-corrected chi connectivity index (χ3v) is 3.18. The van der Waals surface area contributed by atoms with Crippen LogP contribution < -0.4 is 14.2 Å². The number of ether oxygens (including phenoxy) is 5. The summed E-state index contributed by atoms with van der Waals surface area (Å²) in [4.78, 5) is 23.7. The Labute approximate surface area is 178 Å². The number of methoxy groups -OCH3 is 2. The van der Waals surface area contributed by atoms with E-state index in [2.05, 4.69) is 4.74 Å². The van der Waals surface area contributed by atoms with Crippen molar-refractivity contribution < 1.29 is 46.6 Å². The number of benzene rings is 2. The molecule has 8 heteroatoms. The Morgan fingerprint density at radius 2 is 1.34 bits per heavy atom. The van der Waals surface area contributed by atoms with Gasteiger partial charge in [-0.3, -0.25) is 0 Å². The van der Waals surface area contributed by atoms with Gasteiger partial charge in [-0.25, -0.2) is 9.59 Å². The molecule has 0 aliphatic rings. The van der Waals surface area contributed by atoms with Gasteiger partial charge in [0, 0.05) is 0 Å². The molecule has 0 bridgehead atoms. The van der Waals surface area contributed by atoms with Gasteiger partial charge in [0.25, 0.3) is 6.10 Å². The third kappa shape index (κ3) is 7.61. The van der Waals surface area contributed by atoms with Gasteiger partial charge in [-0.1, -0.05) is 24.3 Å². The zero-order valence-corrected chi connectivity index (χ0v) is 15.9. The lowest BCUT2D eigenvalue weighted by molar-refractivity contribution is -0.166. The van der Waals surface area contributed by atoms with E-state index in [0.717, 1.165) is 0 Å². The second kappa shape index (κ2) is 12.9. The van der Waals surface area contributed by atoms with Crippen molar-refractivity contribution in [2.24, 2.45) is 0 Å². The minimum atomic E-state index is -2.71. The van der Waals surface area contributed by atoms with Crippen LogP contribution in [0.4, 0.5) is 0 Å². The van der Waals surface area contributed by atoms with Crippen molar-refractivity contribution in [3.8, 4) is 23.0 Å². The van der Waals surface area contributed by atoms with Crippen LogP contribution >= 0.6 is 0 Å². The lowest BCUT2D eigenvalue weighted by atomic mass is 10.3. The van der Waals surface area contributed by atoms with Gasteiger partial charge in [0.05, 0.1) is 35.5 Å². The summed E-state index contributed by atoms with van der Waals surface area (Å²) in [5.41, 5.74) is 0. The van der Waals surface area contributed by atoms with Crippen LogP contribution in [-0.4, -0.2) is 50.4 Å². The number of aromatic hydroxyl groups is 1. The van der Waals surface area contributed by atoms with Crippen LogP contribution in [-0.2, 0) is 19.1 Å².